The van der Waals surface area contributed by atoms with Crippen LogP contribution in [0.2, 0.25) is 5.31 Å². The standard InChI is InChI=1S/C16H29B/c1-4-14-10-8-7-9-11-15(13-12-14)16(17,5-2)6-3/h4,14-15H,1,5-13H2,2-3H3. The van der Waals surface area contributed by atoms with E-state index in [1.165, 1.54) is 44.9 Å². The Kier molecular flexibility index (Phi) is 6.37. The molecule has 0 saturated heterocycles. The highest BCUT2D eigenvalue weighted by Crippen LogP contribution is 2.45. The van der Waals surface area contributed by atoms with Crippen LogP contribution in [0.5, 0.6) is 0 Å². The first-order chi connectivity index (χ1) is 8.16. The Bertz CT molecular complexity index is 218. The predicted octanol–water partition coefficient (Wildman–Crippen LogP) is 5.30. The van der Waals surface area contributed by atoms with Crippen LogP contribution in [0, 0.1) is 11.8 Å². The summed E-state index contributed by atoms with van der Waals surface area (Å²) in [6, 6.07) is 0. The van der Waals surface area contributed by atoms with Crippen molar-refractivity contribution in [2.75, 3.05) is 0 Å². The van der Waals surface area contributed by atoms with Crippen molar-refractivity contribution in [3.63, 3.8) is 0 Å². The second-order valence-electron chi connectivity index (χ2n) is 5.85. The van der Waals surface area contributed by atoms with Crippen molar-refractivity contribution in [2.45, 2.75) is 76.9 Å². The molecule has 0 aromatic rings. The minimum absolute atomic E-state index is 0.0794. The molecule has 0 amide bonds. The van der Waals surface area contributed by atoms with Crippen LogP contribution < -0.4 is 0 Å². The van der Waals surface area contributed by atoms with E-state index in [-0.39, 0.29) is 5.31 Å². The number of hydrogen-bond donors (Lipinski definition) is 0. The molecule has 96 valence electrons. The second kappa shape index (κ2) is 7.29. The summed E-state index contributed by atoms with van der Waals surface area (Å²) >= 11 is 0. The Morgan fingerprint density at radius 2 is 1.71 bits per heavy atom. The van der Waals surface area contributed by atoms with E-state index in [0.29, 0.717) is 0 Å². The van der Waals surface area contributed by atoms with Gasteiger partial charge in [-0.2, -0.15) is 0 Å². The maximum absolute atomic E-state index is 6.60. The van der Waals surface area contributed by atoms with Crippen LogP contribution in [-0.4, -0.2) is 7.85 Å². The van der Waals surface area contributed by atoms with Crippen molar-refractivity contribution in [2.24, 2.45) is 11.8 Å². The summed E-state index contributed by atoms with van der Waals surface area (Å²) in [4.78, 5) is 0. The molecule has 0 aromatic carbocycles. The number of hydrogen-bond acceptors (Lipinski definition) is 0. The van der Waals surface area contributed by atoms with E-state index in [1.807, 2.05) is 0 Å². The first kappa shape index (κ1) is 14.9. The lowest BCUT2D eigenvalue weighted by Gasteiger charge is -2.37. The van der Waals surface area contributed by atoms with Crippen molar-refractivity contribution in [3.8, 4) is 0 Å². The van der Waals surface area contributed by atoms with Gasteiger partial charge in [0.15, 0.2) is 0 Å². The van der Waals surface area contributed by atoms with Gasteiger partial charge in [-0.25, -0.2) is 0 Å². The number of allylic oxidation sites excluding steroid dienone is 1. The molecule has 1 aliphatic rings. The molecule has 1 heteroatoms. The lowest BCUT2D eigenvalue weighted by Crippen LogP contribution is -2.23. The highest BCUT2D eigenvalue weighted by molar-refractivity contribution is 6.15. The van der Waals surface area contributed by atoms with Gasteiger partial charge in [-0.05, 0) is 24.7 Å². The average Bonchev–Trinajstić information content (AvgIpc) is 2.49. The molecule has 1 fully saturated rings. The lowest BCUT2D eigenvalue weighted by atomic mass is 9.55. The monoisotopic (exact) mass is 232 g/mol. The lowest BCUT2D eigenvalue weighted by molar-refractivity contribution is 0.281. The summed E-state index contributed by atoms with van der Waals surface area (Å²) in [5, 5.41) is 0.0794. The van der Waals surface area contributed by atoms with Gasteiger partial charge < -0.3 is 0 Å². The summed E-state index contributed by atoms with van der Waals surface area (Å²) in [5.74, 6) is 1.45. The molecule has 1 aliphatic carbocycles. The highest BCUT2D eigenvalue weighted by Gasteiger charge is 2.30. The van der Waals surface area contributed by atoms with E-state index in [1.54, 1.807) is 0 Å². The van der Waals surface area contributed by atoms with Crippen LogP contribution in [-0.2, 0) is 0 Å². The highest BCUT2D eigenvalue weighted by atomic mass is 14.3. The van der Waals surface area contributed by atoms with Crippen molar-refractivity contribution in [3.05, 3.63) is 12.7 Å². The van der Waals surface area contributed by atoms with Gasteiger partial charge in [0.25, 0.3) is 0 Å². The molecule has 0 nitrogen and oxygen atoms in total. The Morgan fingerprint density at radius 1 is 1.06 bits per heavy atom. The van der Waals surface area contributed by atoms with Gasteiger partial charge >= 0.3 is 0 Å². The zero-order valence-corrected chi connectivity index (χ0v) is 11.9. The van der Waals surface area contributed by atoms with E-state index < -0.39 is 0 Å². The van der Waals surface area contributed by atoms with Crippen molar-refractivity contribution in [1.29, 1.82) is 0 Å². The zero-order chi connectivity index (χ0) is 12.7. The fourth-order valence-corrected chi connectivity index (χ4v) is 3.32. The summed E-state index contributed by atoms with van der Waals surface area (Å²) < 4.78 is 0. The van der Waals surface area contributed by atoms with Crippen LogP contribution in [0.3, 0.4) is 0 Å². The van der Waals surface area contributed by atoms with Crippen LogP contribution in [0.1, 0.15) is 71.6 Å². The zero-order valence-electron chi connectivity index (χ0n) is 11.9. The summed E-state index contributed by atoms with van der Waals surface area (Å²) in [7, 11) is 6.60. The van der Waals surface area contributed by atoms with Crippen LogP contribution >= 0.6 is 0 Å². The van der Waals surface area contributed by atoms with E-state index in [9.17, 15) is 0 Å². The Labute approximate surface area is 110 Å². The first-order valence-electron chi connectivity index (χ1n) is 7.57. The summed E-state index contributed by atoms with van der Waals surface area (Å²) in [6.07, 6.45) is 13.8. The molecule has 0 aromatic heterocycles. The third kappa shape index (κ3) is 4.19. The van der Waals surface area contributed by atoms with Gasteiger partial charge in [0, 0.05) is 0 Å². The largest absolute Gasteiger partial charge is 0.103 e. The molecule has 2 atom stereocenters. The van der Waals surface area contributed by atoms with Crippen molar-refractivity contribution in [1.82, 2.24) is 0 Å². The molecule has 1 saturated carbocycles. The van der Waals surface area contributed by atoms with Gasteiger partial charge in [-0.1, -0.05) is 70.2 Å². The predicted molar refractivity (Wildman–Crippen MR) is 78.5 cm³/mol. The third-order valence-electron chi connectivity index (χ3n) is 4.98. The van der Waals surface area contributed by atoms with Crippen LogP contribution in [0.25, 0.3) is 0 Å². The van der Waals surface area contributed by atoms with E-state index >= 15 is 0 Å². The van der Waals surface area contributed by atoms with Crippen molar-refractivity contribution < 1.29 is 0 Å². The minimum Gasteiger partial charge on any atom is -0.103 e. The molecule has 0 N–H and O–H groups in total. The second-order valence-corrected chi connectivity index (χ2v) is 5.85. The summed E-state index contributed by atoms with van der Waals surface area (Å²) in [6.45, 7) is 8.49. The van der Waals surface area contributed by atoms with Crippen molar-refractivity contribution >= 4 is 7.85 Å². The van der Waals surface area contributed by atoms with E-state index in [0.717, 1.165) is 24.7 Å². The van der Waals surface area contributed by atoms with E-state index in [2.05, 4.69) is 26.5 Å². The minimum atomic E-state index is 0.0794. The first-order valence-corrected chi connectivity index (χ1v) is 7.57. The quantitative estimate of drug-likeness (QED) is 0.456. The van der Waals surface area contributed by atoms with Crippen LogP contribution in [0.4, 0.5) is 0 Å². The average molecular weight is 232 g/mol. The van der Waals surface area contributed by atoms with Gasteiger partial charge in [0.1, 0.15) is 0 Å². The maximum Gasteiger partial charge on any atom is 0.0749 e. The normalized spacial score (nSPS) is 27.9. The SMILES string of the molecule is [B]C(CC)(CC)C1CCCCCC(C=C)CC1. The van der Waals surface area contributed by atoms with E-state index in [4.69, 9.17) is 7.85 Å². The molecular formula is C16H29B. The third-order valence-corrected chi connectivity index (χ3v) is 4.98. The molecular weight excluding hydrogens is 203 g/mol. The Balaban J connectivity index is 2.65. The molecule has 17 heavy (non-hydrogen) atoms. The van der Waals surface area contributed by atoms with Crippen LogP contribution in [0.15, 0.2) is 12.7 Å². The molecule has 1 rings (SSSR count). The summed E-state index contributed by atoms with van der Waals surface area (Å²) in [5.41, 5.74) is 0. The van der Waals surface area contributed by atoms with Gasteiger partial charge in [0.2, 0.25) is 0 Å². The molecule has 2 unspecified atom stereocenters. The Morgan fingerprint density at radius 3 is 2.29 bits per heavy atom. The number of rotatable bonds is 4. The smallest absolute Gasteiger partial charge is 0.0749 e. The van der Waals surface area contributed by atoms with Gasteiger partial charge in [0.05, 0.1) is 7.85 Å². The molecule has 0 spiro atoms. The van der Waals surface area contributed by atoms with Gasteiger partial charge in [-0.3, -0.25) is 0 Å². The maximum atomic E-state index is 6.60. The molecule has 2 radical (unpaired) electrons. The Hall–Kier alpha value is -0.195. The molecule has 0 heterocycles. The fraction of sp³-hybridized carbons (Fsp3) is 0.875. The fourth-order valence-electron chi connectivity index (χ4n) is 3.32. The molecule has 0 aliphatic heterocycles. The van der Waals surface area contributed by atoms with Gasteiger partial charge in [-0.15, -0.1) is 6.58 Å². The topological polar surface area (TPSA) is 0 Å². The molecule has 0 bridgehead atoms.